The average Bonchev–Trinajstić information content (AvgIpc) is 2.93. The van der Waals surface area contributed by atoms with E-state index in [0.717, 1.165) is 36.0 Å². The van der Waals surface area contributed by atoms with Crippen molar-refractivity contribution in [3.8, 4) is 5.75 Å². The Kier molecular flexibility index (Phi) is 4.38. The number of fused-ring (bicyclic) bond motifs is 2. The topological polar surface area (TPSA) is 60.9 Å². The summed E-state index contributed by atoms with van der Waals surface area (Å²) in [7, 11) is 0. The summed E-state index contributed by atoms with van der Waals surface area (Å²) in [5.74, 6) is 0.108. The van der Waals surface area contributed by atoms with E-state index in [2.05, 4.69) is 6.92 Å². The van der Waals surface area contributed by atoms with E-state index >= 15 is 0 Å². The van der Waals surface area contributed by atoms with Gasteiger partial charge in [0.2, 0.25) is 0 Å². The summed E-state index contributed by atoms with van der Waals surface area (Å²) in [6, 6.07) is 11.8. The standard InChI is InChI=1S/C22H24N2O3/c1-3-8-16-17-13-19-21(26)23(14-9-6-5-7-10-14)22(27)24(19)18(4-2)15(17)11-12-20(16)25/h5-7,9-12,18-19,25H,3-4,8,13H2,1-2H3/t18?,19-/m0/s1. The molecule has 0 aromatic heterocycles. The molecule has 3 amide bonds. The van der Waals surface area contributed by atoms with Gasteiger partial charge in [-0.1, -0.05) is 44.5 Å². The highest BCUT2D eigenvalue weighted by molar-refractivity contribution is 6.21. The zero-order valence-corrected chi connectivity index (χ0v) is 15.7. The molecule has 1 N–H and O–H groups in total. The zero-order valence-electron chi connectivity index (χ0n) is 15.7. The largest absolute Gasteiger partial charge is 0.508 e. The predicted octanol–water partition coefficient (Wildman–Crippen LogP) is 4.19. The molecule has 0 saturated carbocycles. The molecule has 2 aromatic rings. The van der Waals surface area contributed by atoms with Crippen molar-refractivity contribution in [2.75, 3.05) is 4.90 Å². The van der Waals surface area contributed by atoms with Gasteiger partial charge in [-0.05, 0) is 47.7 Å². The maximum atomic E-state index is 13.2. The van der Waals surface area contributed by atoms with Gasteiger partial charge >= 0.3 is 6.03 Å². The van der Waals surface area contributed by atoms with Gasteiger partial charge in [-0.15, -0.1) is 0 Å². The van der Waals surface area contributed by atoms with E-state index in [1.807, 2.05) is 31.2 Å². The smallest absolute Gasteiger partial charge is 0.332 e. The number of phenols is 1. The van der Waals surface area contributed by atoms with Crippen molar-refractivity contribution in [2.24, 2.45) is 0 Å². The first kappa shape index (κ1) is 17.6. The molecule has 4 rings (SSSR count). The van der Waals surface area contributed by atoms with Gasteiger partial charge in [0, 0.05) is 6.42 Å². The van der Waals surface area contributed by atoms with Gasteiger partial charge in [0.15, 0.2) is 0 Å². The van der Waals surface area contributed by atoms with Crippen LogP contribution in [-0.4, -0.2) is 28.0 Å². The normalized spacial score (nSPS) is 21.4. The van der Waals surface area contributed by atoms with E-state index in [-0.39, 0.29) is 23.7 Å². The summed E-state index contributed by atoms with van der Waals surface area (Å²) in [5.41, 5.74) is 3.64. The van der Waals surface area contributed by atoms with E-state index in [4.69, 9.17) is 0 Å². The Morgan fingerprint density at radius 1 is 1.07 bits per heavy atom. The van der Waals surface area contributed by atoms with Crippen LogP contribution in [0.2, 0.25) is 0 Å². The van der Waals surface area contributed by atoms with Crippen molar-refractivity contribution in [2.45, 2.75) is 51.6 Å². The molecule has 1 fully saturated rings. The van der Waals surface area contributed by atoms with Crippen molar-refractivity contribution >= 4 is 17.6 Å². The Morgan fingerprint density at radius 3 is 2.48 bits per heavy atom. The van der Waals surface area contributed by atoms with Gasteiger partial charge in [0.05, 0.1) is 11.7 Å². The van der Waals surface area contributed by atoms with Gasteiger partial charge in [0.25, 0.3) is 5.91 Å². The van der Waals surface area contributed by atoms with E-state index < -0.39 is 6.04 Å². The van der Waals surface area contributed by atoms with Crippen molar-refractivity contribution in [1.82, 2.24) is 4.90 Å². The van der Waals surface area contributed by atoms with Crippen LogP contribution >= 0.6 is 0 Å². The molecular weight excluding hydrogens is 340 g/mol. The molecule has 2 heterocycles. The van der Waals surface area contributed by atoms with Crippen molar-refractivity contribution in [3.63, 3.8) is 0 Å². The van der Waals surface area contributed by atoms with Crippen LogP contribution in [0.5, 0.6) is 5.75 Å². The zero-order chi connectivity index (χ0) is 19.1. The fourth-order valence-corrected chi connectivity index (χ4v) is 4.50. The second kappa shape index (κ2) is 6.72. The number of anilines is 1. The third-order valence-corrected chi connectivity index (χ3v) is 5.69. The molecule has 0 aliphatic carbocycles. The Morgan fingerprint density at radius 2 is 1.81 bits per heavy atom. The molecule has 2 aliphatic heterocycles. The van der Waals surface area contributed by atoms with Gasteiger partial charge < -0.3 is 10.0 Å². The van der Waals surface area contributed by atoms with Crippen LogP contribution in [0.4, 0.5) is 10.5 Å². The lowest BCUT2D eigenvalue weighted by atomic mass is 9.83. The molecule has 5 nitrogen and oxygen atoms in total. The first-order chi connectivity index (χ1) is 13.1. The number of aromatic hydroxyl groups is 1. The predicted molar refractivity (Wildman–Crippen MR) is 104 cm³/mol. The summed E-state index contributed by atoms with van der Waals surface area (Å²) in [4.78, 5) is 29.4. The second-order valence-electron chi connectivity index (χ2n) is 7.22. The van der Waals surface area contributed by atoms with E-state index in [1.165, 1.54) is 4.90 Å². The molecule has 1 saturated heterocycles. The van der Waals surface area contributed by atoms with Crippen molar-refractivity contribution in [1.29, 1.82) is 0 Å². The number of para-hydroxylation sites is 1. The lowest BCUT2D eigenvalue weighted by molar-refractivity contribution is -0.120. The van der Waals surface area contributed by atoms with Crippen LogP contribution in [-0.2, 0) is 17.6 Å². The number of imide groups is 1. The van der Waals surface area contributed by atoms with Crippen molar-refractivity contribution in [3.05, 3.63) is 59.2 Å². The first-order valence-corrected chi connectivity index (χ1v) is 9.63. The maximum absolute atomic E-state index is 13.2. The fourth-order valence-electron chi connectivity index (χ4n) is 4.50. The van der Waals surface area contributed by atoms with Gasteiger partial charge in [-0.2, -0.15) is 0 Å². The summed E-state index contributed by atoms with van der Waals surface area (Å²) < 4.78 is 0. The maximum Gasteiger partial charge on any atom is 0.332 e. The Hall–Kier alpha value is -2.82. The highest BCUT2D eigenvalue weighted by atomic mass is 16.3. The molecule has 0 bridgehead atoms. The number of benzene rings is 2. The molecule has 2 aliphatic rings. The van der Waals surface area contributed by atoms with Crippen LogP contribution in [0.1, 0.15) is 49.4 Å². The molecule has 140 valence electrons. The summed E-state index contributed by atoms with van der Waals surface area (Å²) in [6.45, 7) is 4.11. The molecule has 27 heavy (non-hydrogen) atoms. The molecule has 1 unspecified atom stereocenters. The monoisotopic (exact) mass is 364 g/mol. The number of carbonyl (C=O) groups is 2. The minimum Gasteiger partial charge on any atom is -0.508 e. The molecule has 0 radical (unpaired) electrons. The minimum atomic E-state index is -0.507. The quantitative estimate of drug-likeness (QED) is 0.828. The summed E-state index contributed by atoms with van der Waals surface area (Å²) in [5, 5.41) is 10.4. The Bertz CT molecular complexity index is 894. The molecule has 0 spiro atoms. The molecule has 2 aromatic carbocycles. The lowest BCUT2D eigenvalue weighted by Gasteiger charge is -2.38. The van der Waals surface area contributed by atoms with Crippen LogP contribution in [0.15, 0.2) is 42.5 Å². The van der Waals surface area contributed by atoms with E-state index in [0.29, 0.717) is 12.1 Å². The molecule has 5 heteroatoms. The fraction of sp³-hybridized carbons (Fsp3) is 0.364. The number of hydrogen-bond acceptors (Lipinski definition) is 3. The van der Waals surface area contributed by atoms with Crippen molar-refractivity contribution < 1.29 is 14.7 Å². The Balaban J connectivity index is 1.81. The summed E-state index contributed by atoms with van der Waals surface area (Å²) in [6.07, 6.45) is 2.87. The highest BCUT2D eigenvalue weighted by Crippen LogP contribution is 2.43. The molecular formula is C22H24N2O3. The summed E-state index contributed by atoms with van der Waals surface area (Å²) >= 11 is 0. The Labute approximate surface area is 159 Å². The number of hydrogen-bond donors (Lipinski definition) is 1. The molecule has 2 atom stereocenters. The first-order valence-electron chi connectivity index (χ1n) is 9.63. The van der Waals surface area contributed by atoms with Gasteiger partial charge in [-0.3, -0.25) is 4.79 Å². The van der Waals surface area contributed by atoms with Crippen LogP contribution in [0.25, 0.3) is 0 Å². The number of phenolic OH excluding ortho intramolecular Hbond substituents is 1. The van der Waals surface area contributed by atoms with E-state index in [9.17, 15) is 14.7 Å². The number of urea groups is 1. The highest BCUT2D eigenvalue weighted by Gasteiger charge is 2.51. The lowest BCUT2D eigenvalue weighted by Crippen LogP contribution is -2.43. The van der Waals surface area contributed by atoms with E-state index in [1.54, 1.807) is 23.1 Å². The number of carbonyl (C=O) groups excluding carboxylic acids is 2. The van der Waals surface area contributed by atoms with Crippen LogP contribution in [0.3, 0.4) is 0 Å². The average molecular weight is 364 g/mol. The number of amides is 3. The third-order valence-electron chi connectivity index (χ3n) is 5.69. The number of rotatable bonds is 4. The van der Waals surface area contributed by atoms with Gasteiger partial charge in [-0.25, -0.2) is 9.69 Å². The minimum absolute atomic E-state index is 0.153. The van der Waals surface area contributed by atoms with Crippen LogP contribution in [0, 0.1) is 0 Å². The third kappa shape index (κ3) is 2.60. The van der Waals surface area contributed by atoms with Gasteiger partial charge in [0.1, 0.15) is 11.8 Å². The SMILES string of the molecule is CCCc1c(O)ccc2c1C[C@H]1C(=O)N(c3ccccc3)C(=O)N1C2CC. The second-order valence-corrected chi connectivity index (χ2v) is 7.22. The number of nitrogens with zero attached hydrogens (tertiary/aromatic N) is 2. The van der Waals surface area contributed by atoms with Crippen LogP contribution < -0.4 is 4.90 Å².